The normalized spacial score (nSPS) is 10.7. The van der Waals surface area contributed by atoms with Gasteiger partial charge in [0, 0.05) is 21.7 Å². The van der Waals surface area contributed by atoms with Crippen LogP contribution in [0.5, 0.6) is 11.5 Å². The van der Waals surface area contributed by atoms with Crippen molar-refractivity contribution in [2.45, 2.75) is 17.6 Å². The summed E-state index contributed by atoms with van der Waals surface area (Å²) in [6.07, 6.45) is 1.70. The summed E-state index contributed by atoms with van der Waals surface area (Å²) in [5.74, 6) is 2.49. The van der Waals surface area contributed by atoms with Crippen LogP contribution in [0.1, 0.15) is 11.3 Å². The summed E-state index contributed by atoms with van der Waals surface area (Å²) < 4.78 is 10.5. The highest BCUT2D eigenvalue weighted by molar-refractivity contribution is 7.98. The summed E-state index contributed by atoms with van der Waals surface area (Å²) in [5.41, 5.74) is 2.96. The molecule has 2 aromatic heterocycles. The van der Waals surface area contributed by atoms with Crippen LogP contribution >= 0.6 is 11.8 Å². The maximum Gasteiger partial charge on any atom is 0.160 e. The minimum atomic E-state index is 0.745. The molecule has 0 atom stereocenters. The van der Waals surface area contributed by atoms with E-state index in [1.807, 2.05) is 25.1 Å². The van der Waals surface area contributed by atoms with Crippen LogP contribution < -0.4 is 9.47 Å². The number of hydrogen-bond acceptors (Lipinski definition) is 5. The number of hydrogen-bond donors (Lipinski definition) is 0. The van der Waals surface area contributed by atoms with Crippen LogP contribution in [0.25, 0.3) is 11.0 Å². The molecule has 0 N–H and O–H groups in total. The molecule has 5 heteroatoms. The molecule has 0 amide bonds. The first-order valence-corrected chi connectivity index (χ1v) is 8.25. The van der Waals surface area contributed by atoms with Crippen LogP contribution in [0, 0.1) is 6.92 Å². The lowest BCUT2D eigenvalue weighted by Gasteiger charge is -2.09. The van der Waals surface area contributed by atoms with Gasteiger partial charge < -0.3 is 9.47 Å². The van der Waals surface area contributed by atoms with Crippen molar-refractivity contribution in [2.24, 2.45) is 0 Å². The van der Waals surface area contributed by atoms with Gasteiger partial charge in [-0.15, -0.1) is 11.8 Å². The fraction of sp³-hybridized carbons (Fsp3) is 0.222. The number of methoxy groups -OCH3 is 2. The van der Waals surface area contributed by atoms with E-state index in [1.165, 1.54) is 5.56 Å². The Balaban J connectivity index is 1.88. The zero-order valence-corrected chi connectivity index (χ0v) is 14.2. The molecule has 4 nitrogen and oxygen atoms in total. The summed E-state index contributed by atoms with van der Waals surface area (Å²) in [5, 5.41) is 1.02. The van der Waals surface area contributed by atoms with Crippen molar-refractivity contribution >= 4 is 22.8 Å². The summed E-state index contributed by atoms with van der Waals surface area (Å²) in [7, 11) is 3.32. The predicted molar refractivity (Wildman–Crippen MR) is 93.4 cm³/mol. The summed E-state index contributed by atoms with van der Waals surface area (Å²) in [4.78, 5) is 10.0. The minimum Gasteiger partial charge on any atom is -0.497 e. The second-order valence-electron chi connectivity index (χ2n) is 5.14. The Bertz CT molecular complexity index is 819. The molecule has 23 heavy (non-hydrogen) atoms. The molecule has 0 bridgehead atoms. The van der Waals surface area contributed by atoms with Gasteiger partial charge in [0.1, 0.15) is 11.5 Å². The third-order valence-electron chi connectivity index (χ3n) is 3.52. The quantitative estimate of drug-likeness (QED) is 0.656. The fourth-order valence-corrected chi connectivity index (χ4v) is 3.36. The van der Waals surface area contributed by atoms with E-state index in [0.717, 1.165) is 38.9 Å². The standard InChI is InChI=1S/C18H18N2O2S/c1-12-8-17(16-9-15(22-3)10-19-18(16)20-12)23-11-13-4-6-14(21-2)7-5-13/h4-10H,11H2,1-3H3. The summed E-state index contributed by atoms with van der Waals surface area (Å²) in [6.45, 7) is 1.99. The summed E-state index contributed by atoms with van der Waals surface area (Å²) >= 11 is 1.77. The van der Waals surface area contributed by atoms with Gasteiger partial charge in [-0.1, -0.05) is 12.1 Å². The van der Waals surface area contributed by atoms with E-state index in [2.05, 4.69) is 28.2 Å². The van der Waals surface area contributed by atoms with E-state index >= 15 is 0 Å². The highest BCUT2D eigenvalue weighted by atomic mass is 32.2. The second-order valence-corrected chi connectivity index (χ2v) is 6.16. The van der Waals surface area contributed by atoms with Gasteiger partial charge in [0.2, 0.25) is 0 Å². The lowest BCUT2D eigenvalue weighted by molar-refractivity contribution is 0.413. The van der Waals surface area contributed by atoms with Crippen molar-refractivity contribution in [1.82, 2.24) is 9.97 Å². The molecular weight excluding hydrogens is 308 g/mol. The van der Waals surface area contributed by atoms with Gasteiger partial charge in [0.15, 0.2) is 5.65 Å². The molecule has 0 spiro atoms. The largest absolute Gasteiger partial charge is 0.497 e. The van der Waals surface area contributed by atoms with Gasteiger partial charge in [-0.05, 0) is 36.8 Å². The van der Waals surface area contributed by atoms with Gasteiger partial charge in [-0.2, -0.15) is 0 Å². The Morgan fingerprint density at radius 2 is 1.74 bits per heavy atom. The van der Waals surface area contributed by atoms with Crippen LogP contribution in [-0.4, -0.2) is 24.2 Å². The highest BCUT2D eigenvalue weighted by Gasteiger charge is 2.08. The summed E-state index contributed by atoms with van der Waals surface area (Å²) in [6, 6.07) is 12.2. The van der Waals surface area contributed by atoms with Crippen molar-refractivity contribution < 1.29 is 9.47 Å². The minimum absolute atomic E-state index is 0.745. The Labute approximate surface area is 139 Å². The van der Waals surface area contributed by atoms with Crippen LogP contribution in [0.3, 0.4) is 0 Å². The average Bonchev–Trinajstić information content (AvgIpc) is 2.59. The van der Waals surface area contributed by atoms with Crippen LogP contribution in [0.2, 0.25) is 0 Å². The number of pyridine rings is 2. The molecule has 0 saturated heterocycles. The smallest absolute Gasteiger partial charge is 0.160 e. The first-order chi connectivity index (χ1) is 11.2. The zero-order valence-electron chi connectivity index (χ0n) is 13.4. The maximum atomic E-state index is 5.28. The van der Waals surface area contributed by atoms with Crippen LogP contribution in [0.4, 0.5) is 0 Å². The first-order valence-electron chi connectivity index (χ1n) is 7.26. The molecule has 3 rings (SSSR count). The fourth-order valence-electron chi connectivity index (χ4n) is 2.29. The number of fused-ring (bicyclic) bond motifs is 1. The number of thioether (sulfide) groups is 1. The number of nitrogens with zero attached hydrogens (tertiary/aromatic N) is 2. The van der Waals surface area contributed by atoms with Crippen molar-refractivity contribution in [2.75, 3.05) is 14.2 Å². The Kier molecular flexibility index (Phi) is 4.67. The zero-order chi connectivity index (χ0) is 16.2. The second kappa shape index (κ2) is 6.87. The van der Waals surface area contributed by atoms with Gasteiger partial charge in [0.25, 0.3) is 0 Å². The molecule has 0 fully saturated rings. The molecule has 3 aromatic rings. The molecule has 0 unspecified atom stereocenters. The molecule has 2 heterocycles. The number of rotatable bonds is 5. The Morgan fingerprint density at radius 3 is 2.43 bits per heavy atom. The molecular formula is C18H18N2O2S. The lowest BCUT2D eigenvalue weighted by atomic mass is 10.2. The SMILES string of the molecule is COc1ccc(CSc2cc(C)nc3ncc(OC)cc23)cc1. The molecule has 118 valence electrons. The van der Waals surface area contributed by atoms with Crippen molar-refractivity contribution in [3.63, 3.8) is 0 Å². The predicted octanol–water partition coefficient (Wildman–Crippen LogP) is 4.25. The third kappa shape index (κ3) is 3.56. The van der Waals surface area contributed by atoms with E-state index in [-0.39, 0.29) is 0 Å². The van der Waals surface area contributed by atoms with Crippen LogP contribution in [0.15, 0.2) is 47.5 Å². The molecule has 1 aromatic carbocycles. The molecule has 0 aliphatic heterocycles. The van der Waals surface area contributed by atoms with Gasteiger partial charge in [-0.3, -0.25) is 0 Å². The van der Waals surface area contributed by atoms with Crippen molar-refractivity contribution in [3.05, 3.63) is 53.9 Å². The monoisotopic (exact) mass is 326 g/mol. The molecule has 0 aliphatic rings. The highest BCUT2D eigenvalue weighted by Crippen LogP contribution is 2.31. The van der Waals surface area contributed by atoms with Gasteiger partial charge >= 0.3 is 0 Å². The molecule has 0 radical (unpaired) electrons. The Hall–Kier alpha value is -2.27. The third-order valence-corrected chi connectivity index (χ3v) is 4.64. The maximum absolute atomic E-state index is 5.28. The van der Waals surface area contributed by atoms with E-state index in [1.54, 1.807) is 32.2 Å². The van der Waals surface area contributed by atoms with Gasteiger partial charge in [0.05, 0.1) is 20.4 Å². The van der Waals surface area contributed by atoms with E-state index in [9.17, 15) is 0 Å². The van der Waals surface area contributed by atoms with E-state index in [0.29, 0.717) is 0 Å². The Morgan fingerprint density at radius 1 is 1.00 bits per heavy atom. The molecule has 0 aliphatic carbocycles. The number of aromatic nitrogens is 2. The topological polar surface area (TPSA) is 44.2 Å². The number of ether oxygens (including phenoxy) is 2. The van der Waals surface area contributed by atoms with Crippen molar-refractivity contribution in [3.8, 4) is 11.5 Å². The lowest BCUT2D eigenvalue weighted by Crippen LogP contribution is -1.92. The van der Waals surface area contributed by atoms with Crippen LogP contribution in [-0.2, 0) is 5.75 Å². The average molecular weight is 326 g/mol. The molecule has 0 saturated carbocycles. The number of aryl methyl sites for hydroxylation is 1. The van der Waals surface area contributed by atoms with Crippen molar-refractivity contribution in [1.29, 1.82) is 0 Å². The van der Waals surface area contributed by atoms with Gasteiger partial charge in [-0.25, -0.2) is 9.97 Å². The van der Waals surface area contributed by atoms with E-state index in [4.69, 9.17) is 9.47 Å². The van der Waals surface area contributed by atoms with E-state index < -0.39 is 0 Å². The number of benzene rings is 1. The first kappa shape index (κ1) is 15.6.